The van der Waals surface area contributed by atoms with Crippen LogP contribution < -0.4 is 10.6 Å². The molecule has 21 heavy (non-hydrogen) atoms. The van der Waals surface area contributed by atoms with Crippen LogP contribution >= 0.6 is 12.4 Å². The molecule has 0 bridgehead atoms. The van der Waals surface area contributed by atoms with Gasteiger partial charge >= 0.3 is 0 Å². The number of rotatable bonds is 7. The second kappa shape index (κ2) is 9.80. The lowest BCUT2D eigenvalue weighted by atomic mass is 9.94. The monoisotopic (exact) mass is 312 g/mol. The normalized spacial score (nSPS) is 13.4. The molecule has 4 heteroatoms. The number of likely N-dealkylation sites (N-methyl/N-ethyl adjacent to an activating group) is 1. The SMILES string of the molecule is CNC(C)CNC(=O)CC(C)c1ccc(C(C)C)cc1.Cl. The Morgan fingerprint density at radius 1 is 1.05 bits per heavy atom. The zero-order valence-corrected chi connectivity index (χ0v) is 14.6. The number of halogens is 1. The number of carbonyl (C=O) groups excluding carboxylic acids is 1. The van der Waals surface area contributed by atoms with E-state index in [9.17, 15) is 4.79 Å². The van der Waals surface area contributed by atoms with Crippen molar-refractivity contribution in [3.05, 3.63) is 35.4 Å². The maximum atomic E-state index is 11.9. The average molecular weight is 313 g/mol. The third-order valence-corrected chi connectivity index (χ3v) is 3.76. The number of hydrogen-bond donors (Lipinski definition) is 2. The number of benzene rings is 1. The smallest absolute Gasteiger partial charge is 0.220 e. The standard InChI is InChI=1S/C17H28N2O.ClH/c1-12(2)15-6-8-16(9-7-15)13(3)10-17(20)19-11-14(4)18-5;/h6-9,12-14,18H,10-11H2,1-5H3,(H,19,20);1H. The molecule has 0 aliphatic rings. The van der Waals surface area contributed by atoms with E-state index in [-0.39, 0.29) is 24.2 Å². The fraction of sp³-hybridized carbons (Fsp3) is 0.588. The highest BCUT2D eigenvalue weighted by molar-refractivity contribution is 5.85. The molecule has 1 aromatic rings. The van der Waals surface area contributed by atoms with Crippen molar-refractivity contribution in [2.45, 2.75) is 52.0 Å². The first-order valence-corrected chi connectivity index (χ1v) is 7.47. The molecule has 0 fully saturated rings. The van der Waals surface area contributed by atoms with Gasteiger partial charge in [0.05, 0.1) is 0 Å². The van der Waals surface area contributed by atoms with E-state index in [2.05, 4.69) is 55.7 Å². The minimum absolute atomic E-state index is 0. The molecular weight excluding hydrogens is 284 g/mol. The lowest BCUT2D eigenvalue weighted by molar-refractivity contribution is -0.121. The van der Waals surface area contributed by atoms with E-state index in [1.807, 2.05) is 14.0 Å². The molecule has 2 N–H and O–H groups in total. The molecule has 1 aromatic carbocycles. The van der Waals surface area contributed by atoms with E-state index >= 15 is 0 Å². The summed E-state index contributed by atoms with van der Waals surface area (Å²) in [6.07, 6.45) is 0.539. The fourth-order valence-electron chi connectivity index (χ4n) is 2.05. The van der Waals surface area contributed by atoms with Gasteiger partial charge in [0.15, 0.2) is 0 Å². The van der Waals surface area contributed by atoms with E-state index in [1.165, 1.54) is 11.1 Å². The van der Waals surface area contributed by atoms with Gasteiger partial charge in [0.2, 0.25) is 5.91 Å². The summed E-state index contributed by atoms with van der Waals surface area (Å²) in [5.41, 5.74) is 2.57. The highest BCUT2D eigenvalue weighted by atomic mass is 35.5. The molecule has 0 radical (unpaired) electrons. The topological polar surface area (TPSA) is 41.1 Å². The molecule has 0 aliphatic heterocycles. The van der Waals surface area contributed by atoms with Gasteiger partial charge in [-0.2, -0.15) is 0 Å². The van der Waals surface area contributed by atoms with Crippen LogP contribution in [0.25, 0.3) is 0 Å². The van der Waals surface area contributed by atoms with Crippen molar-refractivity contribution in [2.24, 2.45) is 0 Å². The van der Waals surface area contributed by atoms with Gasteiger partial charge in [0.25, 0.3) is 0 Å². The molecule has 1 rings (SSSR count). The van der Waals surface area contributed by atoms with Gasteiger partial charge in [0, 0.05) is 19.0 Å². The molecule has 120 valence electrons. The largest absolute Gasteiger partial charge is 0.355 e. The average Bonchev–Trinajstić information content (AvgIpc) is 2.44. The van der Waals surface area contributed by atoms with Crippen LogP contribution in [0.4, 0.5) is 0 Å². The second-order valence-electron chi connectivity index (χ2n) is 5.92. The third kappa shape index (κ3) is 6.96. The lowest BCUT2D eigenvalue weighted by Gasteiger charge is -2.15. The summed E-state index contributed by atoms with van der Waals surface area (Å²) in [6, 6.07) is 8.92. The lowest BCUT2D eigenvalue weighted by Crippen LogP contribution is -2.37. The molecule has 0 saturated heterocycles. The Morgan fingerprint density at radius 2 is 1.57 bits per heavy atom. The summed E-state index contributed by atoms with van der Waals surface area (Å²) in [7, 11) is 1.90. The second-order valence-corrected chi connectivity index (χ2v) is 5.92. The van der Waals surface area contributed by atoms with Crippen LogP contribution in [0.1, 0.15) is 57.1 Å². The van der Waals surface area contributed by atoms with Crippen molar-refractivity contribution < 1.29 is 4.79 Å². The molecule has 2 unspecified atom stereocenters. The zero-order valence-electron chi connectivity index (χ0n) is 13.8. The zero-order chi connectivity index (χ0) is 15.1. The molecule has 0 heterocycles. The first kappa shape index (κ1) is 19.9. The van der Waals surface area contributed by atoms with Crippen molar-refractivity contribution in [3.63, 3.8) is 0 Å². The van der Waals surface area contributed by atoms with Crippen LogP contribution in [0, 0.1) is 0 Å². The van der Waals surface area contributed by atoms with Crippen molar-refractivity contribution in [1.82, 2.24) is 10.6 Å². The minimum atomic E-state index is 0. The fourth-order valence-corrected chi connectivity index (χ4v) is 2.05. The molecule has 0 saturated carbocycles. The number of nitrogens with one attached hydrogen (secondary N) is 2. The first-order chi connectivity index (χ1) is 9.43. The van der Waals surface area contributed by atoms with Crippen LogP contribution in [0.5, 0.6) is 0 Å². The van der Waals surface area contributed by atoms with E-state index < -0.39 is 0 Å². The van der Waals surface area contributed by atoms with E-state index in [4.69, 9.17) is 0 Å². The molecular formula is C17H29ClN2O. The maximum absolute atomic E-state index is 11.9. The Kier molecular flexibility index (Phi) is 9.31. The van der Waals surface area contributed by atoms with E-state index in [0.29, 0.717) is 24.9 Å². The summed E-state index contributed by atoms with van der Waals surface area (Å²) >= 11 is 0. The Balaban J connectivity index is 0.00000400. The number of amides is 1. The summed E-state index contributed by atoms with van der Waals surface area (Å²) < 4.78 is 0. The molecule has 0 aromatic heterocycles. The van der Waals surface area contributed by atoms with Gasteiger partial charge in [0.1, 0.15) is 0 Å². The summed E-state index contributed by atoms with van der Waals surface area (Å²) in [5.74, 6) is 0.916. The van der Waals surface area contributed by atoms with Crippen molar-refractivity contribution in [3.8, 4) is 0 Å². The molecule has 3 nitrogen and oxygen atoms in total. The van der Waals surface area contributed by atoms with Crippen LogP contribution in [0.2, 0.25) is 0 Å². The highest BCUT2D eigenvalue weighted by Crippen LogP contribution is 2.22. The van der Waals surface area contributed by atoms with E-state index in [0.717, 1.165) is 0 Å². The minimum Gasteiger partial charge on any atom is -0.355 e. The Hall–Kier alpha value is -1.06. The predicted octanol–water partition coefficient (Wildman–Crippen LogP) is 3.45. The number of hydrogen-bond acceptors (Lipinski definition) is 2. The van der Waals surface area contributed by atoms with Gasteiger partial charge in [-0.3, -0.25) is 4.79 Å². The Bertz CT molecular complexity index is 417. The van der Waals surface area contributed by atoms with Crippen molar-refractivity contribution in [2.75, 3.05) is 13.6 Å². The van der Waals surface area contributed by atoms with Crippen LogP contribution in [-0.4, -0.2) is 25.5 Å². The quantitative estimate of drug-likeness (QED) is 0.809. The molecule has 0 aliphatic carbocycles. The predicted molar refractivity (Wildman–Crippen MR) is 92.3 cm³/mol. The van der Waals surface area contributed by atoms with Crippen LogP contribution in [0.3, 0.4) is 0 Å². The number of carbonyl (C=O) groups is 1. The van der Waals surface area contributed by atoms with Crippen molar-refractivity contribution >= 4 is 18.3 Å². The summed E-state index contributed by atoms with van der Waals surface area (Å²) in [5, 5.41) is 6.07. The van der Waals surface area contributed by atoms with Crippen LogP contribution in [-0.2, 0) is 4.79 Å². The highest BCUT2D eigenvalue weighted by Gasteiger charge is 2.12. The van der Waals surface area contributed by atoms with Gasteiger partial charge < -0.3 is 10.6 Å². The Labute approximate surface area is 135 Å². The Morgan fingerprint density at radius 3 is 2.05 bits per heavy atom. The third-order valence-electron chi connectivity index (χ3n) is 3.76. The molecule has 2 atom stereocenters. The molecule has 1 amide bonds. The summed E-state index contributed by atoms with van der Waals surface area (Å²) in [6.45, 7) is 9.21. The van der Waals surface area contributed by atoms with Gasteiger partial charge in [-0.05, 0) is 36.9 Å². The van der Waals surface area contributed by atoms with Gasteiger partial charge in [-0.1, -0.05) is 45.0 Å². The van der Waals surface area contributed by atoms with E-state index in [1.54, 1.807) is 0 Å². The first-order valence-electron chi connectivity index (χ1n) is 7.47. The maximum Gasteiger partial charge on any atom is 0.220 e. The molecule has 0 spiro atoms. The van der Waals surface area contributed by atoms with Crippen molar-refractivity contribution in [1.29, 1.82) is 0 Å². The van der Waals surface area contributed by atoms with Crippen LogP contribution in [0.15, 0.2) is 24.3 Å². The van der Waals surface area contributed by atoms with Gasteiger partial charge in [-0.25, -0.2) is 0 Å². The van der Waals surface area contributed by atoms with Gasteiger partial charge in [-0.15, -0.1) is 12.4 Å². The summed E-state index contributed by atoms with van der Waals surface area (Å²) in [4.78, 5) is 11.9.